The molecular weight excluding hydrogens is 572 g/mol. The predicted octanol–water partition coefficient (Wildman–Crippen LogP) is 2.65. The Morgan fingerprint density at radius 2 is 1.37 bits per heavy atom. The quantitative estimate of drug-likeness (QED) is 0.0572. The molecule has 43 heavy (non-hydrogen) atoms. The molecule has 0 aliphatic carbocycles. The Morgan fingerprint density at radius 3 is 1.86 bits per heavy atom. The summed E-state index contributed by atoms with van der Waals surface area (Å²) >= 11 is 0. The van der Waals surface area contributed by atoms with E-state index >= 15 is 0 Å². The first kappa shape index (κ1) is 36.0. The third-order valence-electron chi connectivity index (χ3n) is 5.24. The molecule has 1 unspecified atom stereocenters. The maximum Gasteiger partial charge on any atom is 0.337 e. The fourth-order valence-corrected chi connectivity index (χ4v) is 3.60. The van der Waals surface area contributed by atoms with Gasteiger partial charge in [0.2, 0.25) is 0 Å². The molecule has 1 rings (SSSR count). The zero-order chi connectivity index (χ0) is 32.7. The molecule has 1 aromatic rings. The minimum atomic E-state index is -1.64. The standard InChI is InChI=1S/C29H34O14/c1-8-22(29(42-19(5)33)43-20(6)34)23(24(28(36)37-7)15-39-16(2)30)14-27(35)38-12-11-21-9-10-25(40-17(3)31)26(13-21)41-18(4)32/h8-10,13,15,23,29H,11-12,14H2,1-7H3/b22-8+,24-15+. The molecule has 0 bridgehead atoms. The van der Waals surface area contributed by atoms with Crippen LogP contribution in [0.4, 0.5) is 0 Å². The molecular formula is C29H34O14. The molecule has 0 saturated carbocycles. The number of allylic oxidation sites excluding steroid dienone is 1. The maximum atomic E-state index is 13.0. The number of ether oxygens (including phenoxy) is 7. The van der Waals surface area contributed by atoms with Gasteiger partial charge in [-0.3, -0.25) is 28.8 Å². The number of benzene rings is 1. The van der Waals surface area contributed by atoms with E-state index in [4.69, 9.17) is 33.2 Å². The van der Waals surface area contributed by atoms with Crippen LogP contribution in [0.3, 0.4) is 0 Å². The van der Waals surface area contributed by atoms with Gasteiger partial charge in [0, 0.05) is 52.5 Å². The highest BCUT2D eigenvalue weighted by atomic mass is 16.7. The highest BCUT2D eigenvalue weighted by Crippen LogP contribution is 2.31. The summed E-state index contributed by atoms with van der Waals surface area (Å²) in [4.78, 5) is 83.5. The number of hydrogen-bond donors (Lipinski definition) is 0. The summed E-state index contributed by atoms with van der Waals surface area (Å²) in [5.41, 5.74) is 0.206. The van der Waals surface area contributed by atoms with Gasteiger partial charge in [-0.15, -0.1) is 0 Å². The second-order valence-corrected chi connectivity index (χ2v) is 8.71. The first-order valence-corrected chi connectivity index (χ1v) is 12.8. The Kier molecular flexibility index (Phi) is 14.8. The third-order valence-corrected chi connectivity index (χ3v) is 5.24. The highest BCUT2D eigenvalue weighted by molar-refractivity contribution is 5.91. The smallest absolute Gasteiger partial charge is 0.337 e. The lowest BCUT2D eigenvalue weighted by Crippen LogP contribution is -2.32. The van der Waals surface area contributed by atoms with Crippen LogP contribution in [0.5, 0.6) is 11.5 Å². The van der Waals surface area contributed by atoms with Crippen LogP contribution >= 0.6 is 0 Å². The fourth-order valence-electron chi connectivity index (χ4n) is 3.60. The maximum absolute atomic E-state index is 13.0. The van der Waals surface area contributed by atoms with Gasteiger partial charge in [0.25, 0.3) is 6.29 Å². The first-order valence-electron chi connectivity index (χ1n) is 12.8. The van der Waals surface area contributed by atoms with Crippen molar-refractivity contribution in [3.8, 4) is 11.5 Å². The molecule has 0 radical (unpaired) electrons. The molecule has 0 N–H and O–H groups in total. The second kappa shape index (κ2) is 17.7. The Morgan fingerprint density at radius 1 is 0.791 bits per heavy atom. The average molecular weight is 607 g/mol. The largest absolute Gasteiger partial charge is 0.466 e. The molecule has 0 fully saturated rings. The molecule has 0 aliphatic heterocycles. The molecule has 0 heterocycles. The lowest BCUT2D eigenvalue weighted by Gasteiger charge is -2.26. The van der Waals surface area contributed by atoms with E-state index in [2.05, 4.69) is 0 Å². The van der Waals surface area contributed by atoms with E-state index in [1.54, 1.807) is 6.07 Å². The topological polar surface area (TPSA) is 184 Å². The van der Waals surface area contributed by atoms with Crippen LogP contribution in [0.15, 0.2) is 41.7 Å². The van der Waals surface area contributed by atoms with Crippen LogP contribution in [-0.2, 0) is 63.7 Å². The van der Waals surface area contributed by atoms with Crippen molar-refractivity contribution in [3.05, 3.63) is 47.2 Å². The van der Waals surface area contributed by atoms with Gasteiger partial charge in [-0.25, -0.2) is 4.79 Å². The molecule has 234 valence electrons. The SMILES string of the molecule is C/C=C(/C(OC(C)=O)OC(C)=O)C(CC(=O)OCCc1ccc(OC(C)=O)c(OC(C)=O)c1)/C(=C\OC(C)=O)C(=O)OC. The molecule has 0 saturated heterocycles. The van der Waals surface area contributed by atoms with Gasteiger partial charge in [0.1, 0.15) is 6.26 Å². The summed E-state index contributed by atoms with van der Waals surface area (Å²) < 4.78 is 35.4. The summed E-state index contributed by atoms with van der Waals surface area (Å²) in [5.74, 6) is -6.83. The van der Waals surface area contributed by atoms with Gasteiger partial charge >= 0.3 is 41.8 Å². The van der Waals surface area contributed by atoms with E-state index in [0.29, 0.717) is 5.56 Å². The number of methoxy groups -OCH3 is 1. The van der Waals surface area contributed by atoms with Crippen molar-refractivity contribution in [2.45, 2.75) is 60.7 Å². The summed E-state index contributed by atoms with van der Waals surface area (Å²) in [7, 11) is 1.06. The molecule has 0 aliphatic rings. The first-order chi connectivity index (χ1) is 20.2. The Hall–Kier alpha value is -5.01. The molecule has 0 amide bonds. The minimum Gasteiger partial charge on any atom is -0.466 e. The van der Waals surface area contributed by atoms with Gasteiger partial charge in [-0.1, -0.05) is 12.1 Å². The summed E-state index contributed by atoms with van der Waals surface area (Å²) in [6, 6.07) is 4.42. The number of carbonyl (C=O) groups excluding carboxylic acids is 7. The van der Waals surface area contributed by atoms with Crippen LogP contribution in [-0.4, -0.2) is 61.8 Å². The van der Waals surface area contributed by atoms with Gasteiger partial charge < -0.3 is 33.2 Å². The number of carbonyl (C=O) groups is 7. The van der Waals surface area contributed by atoms with Crippen molar-refractivity contribution in [2.75, 3.05) is 13.7 Å². The monoisotopic (exact) mass is 606 g/mol. The molecule has 14 heteroatoms. The van der Waals surface area contributed by atoms with Crippen molar-refractivity contribution >= 4 is 41.8 Å². The molecule has 0 spiro atoms. The summed E-state index contributed by atoms with van der Waals surface area (Å²) in [6.07, 6.45) is 0.0809. The van der Waals surface area contributed by atoms with E-state index in [9.17, 15) is 33.6 Å². The highest BCUT2D eigenvalue weighted by Gasteiger charge is 2.35. The Balaban J connectivity index is 3.30. The molecule has 0 aromatic heterocycles. The van der Waals surface area contributed by atoms with E-state index in [1.165, 1.54) is 39.0 Å². The van der Waals surface area contributed by atoms with Gasteiger partial charge in [-0.2, -0.15) is 0 Å². The zero-order valence-corrected chi connectivity index (χ0v) is 24.9. The number of rotatable bonds is 14. The number of hydrogen-bond acceptors (Lipinski definition) is 14. The molecule has 14 nitrogen and oxygen atoms in total. The lowest BCUT2D eigenvalue weighted by atomic mass is 9.87. The Labute approximate surface area is 247 Å². The fraction of sp³-hybridized carbons (Fsp3) is 0.414. The van der Waals surface area contributed by atoms with E-state index < -0.39 is 60.4 Å². The van der Waals surface area contributed by atoms with Gasteiger partial charge in [-0.05, 0) is 24.6 Å². The van der Waals surface area contributed by atoms with Crippen LogP contribution in [0.25, 0.3) is 0 Å². The Bertz CT molecular complexity index is 1270. The summed E-state index contributed by atoms with van der Waals surface area (Å²) in [6.45, 7) is 6.87. The van der Waals surface area contributed by atoms with E-state index in [-0.39, 0.29) is 35.7 Å². The van der Waals surface area contributed by atoms with Gasteiger partial charge in [0.05, 0.1) is 25.7 Å². The average Bonchev–Trinajstić information content (AvgIpc) is 2.88. The van der Waals surface area contributed by atoms with Crippen molar-refractivity contribution in [1.29, 1.82) is 0 Å². The molecule has 1 atom stereocenters. The third kappa shape index (κ3) is 13.0. The van der Waals surface area contributed by atoms with Crippen molar-refractivity contribution < 1.29 is 66.7 Å². The van der Waals surface area contributed by atoms with Gasteiger partial charge in [0.15, 0.2) is 11.5 Å². The van der Waals surface area contributed by atoms with Crippen molar-refractivity contribution in [3.63, 3.8) is 0 Å². The predicted molar refractivity (Wildman–Crippen MR) is 145 cm³/mol. The molecule has 1 aromatic carbocycles. The summed E-state index contributed by atoms with van der Waals surface area (Å²) in [5, 5.41) is 0. The second-order valence-electron chi connectivity index (χ2n) is 8.71. The van der Waals surface area contributed by atoms with Crippen LogP contribution in [0, 0.1) is 5.92 Å². The van der Waals surface area contributed by atoms with Crippen LogP contribution < -0.4 is 9.47 Å². The van der Waals surface area contributed by atoms with Crippen LogP contribution in [0.1, 0.15) is 53.5 Å². The normalized spacial score (nSPS) is 12.0. The van der Waals surface area contributed by atoms with Crippen molar-refractivity contribution in [1.82, 2.24) is 0 Å². The minimum absolute atomic E-state index is 0.00960. The van der Waals surface area contributed by atoms with E-state index in [0.717, 1.165) is 34.1 Å². The van der Waals surface area contributed by atoms with E-state index in [1.807, 2.05) is 0 Å². The lowest BCUT2D eigenvalue weighted by molar-refractivity contribution is -0.179. The number of esters is 7. The van der Waals surface area contributed by atoms with Crippen LogP contribution in [0.2, 0.25) is 0 Å². The van der Waals surface area contributed by atoms with Crippen molar-refractivity contribution in [2.24, 2.45) is 5.92 Å². The zero-order valence-electron chi connectivity index (χ0n) is 24.9.